The summed E-state index contributed by atoms with van der Waals surface area (Å²) in [5.74, 6) is -0.600. The first-order valence-electron chi connectivity index (χ1n) is 6.17. The Hall–Kier alpha value is -2.46. The number of nitrogens with one attached hydrogen (secondary N) is 2. The molecule has 1 aromatic heterocycles. The molecule has 0 saturated heterocycles. The molecule has 0 radical (unpaired) electrons. The SMILES string of the molecule is Cc1nnc(SCC(=O)Nc2ccc(Cl)cc2[N+](=O)[O-])[nH]c1=O. The fraction of sp³-hybridized carbons (Fsp3) is 0.167. The molecule has 0 fully saturated rings. The minimum atomic E-state index is -0.641. The second-order valence-electron chi connectivity index (χ2n) is 4.30. The maximum atomic E-state index is 11.9. The van der Waals surface area contributed by atoms with Crippen LogP contribution in [0.1, 0.15) is 5.69 Å². The van der Waals surface area contributed by atoms with Crippen LogP contribution in [0.15, 0.2) is 28.2 Å². The summed E-state index contributed by atoms with van der Waals surface area (Å²) in [5.41, 5.74) is -0.445. The number of H-pyrrole nitrogens is 1. The zero-order valence-corrected chi connectivity index (χ0v) is 13.3. The lowest BCUT2D eigenvalue weighted by atomic mass is 10.2. The van der Waals surface area contributed by atoms with Crippen LogP contribution in [0.3, 0.4) is 0 Å². The molecule has 0 bridgehead atoms. The van der Waals surface area contributed by atoms with Crippen molar-refractivity contribution >= 4 is 40.6 Å². The second-order valence-corrected chi connectivity index (χ2v) is 5.70. The highest BCUT2D eigenvalue weighted by atomic mass is 35.5. The Kier molecular flexibility index (Phi) is 5.29. The predicted octanol–water partition coefficient (Wildman–Crippen LogP) is 1.77. The van der Waals surface area contributed by atoms with Gasteiger partial charge in [0.2, 0.25) is 5.91 Å². The van der Waals surface area contributed by atoms with Crippen LogP contribution < -0.4 is 10.9 Å². The largest absolute Gasteiger partial charge is 0.320 e. The van der Waals surface area contributed by atoms with E-state index in [0.29, 0.717) is 0 Å². The summed E-state index contributed by atoms with van der Waals surface area (Å²) in [5, 5.41) is 21.1. The van der Waals surface area contributed by atoms with Crippen LogP contribution in [-0.4, -0.2) is 31.8 Å². The third-order valence-corrected chi connectivity index (χ3v) is 3.71. The Morgan fingerprint density at radius 3 is 2.87 bits per heavy atom. The zero-order chi connectivity index (χ0) is 17.0. The Labute approximate surface area is 138 Å². The fourth-order valence-corrected chi connectivity index (χ4v) is 2.29. The molecule has 0 saturated carbocycles. The van der Waals surface area contributed by atoms with Crippen LogP contribution in [0.2, 0.25) is 5.02 Å². The first kappa shape index (κ1) is 16.9. The molecule has 0 atom stereocenters. The van der Waals surface area contributed by atoms with Crippen molar-refractivity contribution in [3.05, 3.63) is 49.4 Å². The normalized spacial score (nSPS) is 10.3. The number of anilines is 1. The smallest absolute Gasteiger partial charge is 0.294 e. The lowest BCUT2D eigenvalue weighted by Gasteiger charge is -2.06. The van der Waals surface area contributed by atoms with E-state index >= 15 is 0 Å². The number of amides is 1. The Balaban J connectivity index is 2.04. The van der Waals surface area contributed by atoms with E-state index in [4.69, 9.17) is 11.6 Å². The topological polar surface area (TPSA) is 131 Å². The molecule has 0 spiro atoms. The van der Waals surface area contributed by atoms with Crippen molar-refractivity contribution in [2.24, 2.45) is 0 Å². The molecule has 1 amide bonds. The molecule has 2 rings (SSSR count). The van der Waals surface area contributed by atoms with Crippen molar-refractivity contribution in [1.29, 1.82) is 0 Å². The summed E-state index contributed by atoms with van der Waals surface area (Å²) < 4.78 is 0. The number of aromatic nitrogens is 3. The van der Waals surface area contributed by atoms with Crippen molar-refractivity contribution in [2.45, 2.75) is 12.1 Å². The summed E-state index contributed by atoms with van der Waals surface area (Å²) in [6.45, 7) is 1.51. The first-order chi connectivity index (χ1) is 10.9. The van der Waals surface area contributed by atoms with Gasteiger partial charge in [-0.1, -0.05) is 23.4 Å². The monoisotopic (exact) mass is 355 g/mol. The van der Waals surface area contributed by atoms with Gasteiger partial charge in [-0.2, -0.15) is 0 Å². The molecule has 11 heteroatoms. The molecular weight excluding hydrogens is 346 g/mol. The number of hydrogen-bond donors (Lipinski definition) is 2. The van der Waals surface area contributed by atoms with E-state index in [1.165, 1.54) is 19.1 Å². The third-order valence-electron chi connectivity index (χ3n) is 2.61. The van der Waals surface area contributed by atoms with E-state index < -0.39 is 16.4 Å². The number of hydrogen-bond acceptors (Lipinski definition) is 7. The van der Waals surface area contributed by atoms with Crippen LogP contribution in [0, 0.1) is 17.0 Å². The minimum Gasteiger partial charge on any atom is -0.320 e. The summed E-state index contributed by atoms with van der Waals surface area (Å²) in [6, 6.07) is 3.92. The van der Waals surface area contributed by atoms with Crippen molar-refractivity contribution in [3.8, 4) is 0 Å². The average Bonchev–Trinajstić information content (AvgIpc) is 2.50. The van der Waals surface area contributed by atoms with Gasteiger partial charge in [0.25, 0.3) is 11.2 Å². The van der Waals surface area contributed by atoms with E-state index in [9.17, 15) is 19.7 Å². The average molecular weight is 356 g/mol. The number of aromatic amines is 1. The summed E-state index contributed by atoms with van der Waals surface area (Å²) in [6.07, 6.45) is 0. The number of nitrogens with zero attached hydrogens (tertiary/aromatic N) is 3. The van der Waals surface area contributed by atoms with E-state index in [1.807, 2.05) is 0 Å². The molecule has 2 N–H and O–H groups in total. The van der Waals surface area contributed by atoms with Crippen molar-refractivity contribution in [3.63, 3.8) is 0 Å². The molecule has 9 nitrogen and oxygen atoms in total. The Morgan fingerprint density at radius 2 is 2.22 bits per heavy atom. The molecule has 0 unspecified atom stereocenters. The number of carbonyl (C=O) groups excluding carboxylic acids is 1. The number of nitro benzene ring substituents is 1. The number of thioether (sulfide) groups is 1. The number of aryl methyl sites for hydroxylation is 1. The maximum absolute atomic E-state index is 11.9. The maximum Gasteiger partial charge on any atom is 0.294 e. The van der Waals surface area contributed by atoms with Gasteiger partial charge in [0.1, 0.15) is 11.4 Å². The molecule has 120 valence electrons. The van der Waals surface area contributed by atoms with Gasteiger partial charge in [-0.25, -0.2) is 0 Å². The molecule has 0 aliphatic carbocycles. The van der Waals surface area contributed by atoms with Crippen molar-refractivity contribution in [1.82, 2.24) is 15.2 Å². The van der Waals surface area contributed by atoms with Gasteiger partial charge >= 0.3 is 0 Å². The standard InChI is InChI=1S/C12H10ClN5O4S/c1-6-11(20)15-12(17-16-6)23-5-10(19)14-8-3-2-7(13)4-9(8)18(21)22/h2-4H,5H2,1H3,(H,14,19)(H,15,17,20). The highest BCUT2D eigenvalue weighted by Gasteiger charge is 2.16. The lowest BCUT2D eigenvalue weighted by molar-refractivity contribution is -0.383. The van der Waals surface area contributed by atoms with Gasteiger partial charge in [-0.05, 0) is 19.1 Å². The highest BCUT2D eigenvalue weighted by Crippen LogP contribution is 2.27. The van der Waals surface area contributed by atoms with E-state index in [0.717, 1.165) is 17.8 Å². The van der Waals surface area contributed by atoms with Gasteiger partial charge in [0.15, 0.2) is 5.16 Å². The highest BCUT2D eigenvalue weighted by molar-refractivity contribution is 7.99. The van der Waals surface area contributed by atoms with Gasteiger partial charge in [-0.15, -0.1) is 10.2 Å². The Morgan fingerprint density at radius 1 is 1.48 bits per heavy atom. The van der Waals surface area contributed by atoms with Crippen molar-refractivity contribution < 1.29 is 9.72 Å². The molecule has 0 aliphatic heterocycles. The fourth-order valence-electron chi connectivity index (χ4n) is 1.53. The van der Waals surface area contributed by atoms with Gasteiger partial charge in [0.05, 0.1) is 10.7 Å². The Bertz CT molecular complexity index is 825. The van der Waals surface area contributed by atoms with Crippen LogP contribution in [0.5, 0.6) is 0 Å². The number of benzene rings is 1. The quantitative estimate of drug-likeness (QED) is 0.474. The zero-order valence-electron chi connectivity index (χ0n) is 11.7. The summed E-state index contributed by atoms with van der Waals surface area (Å²) in [7, 11) is 0. The lowest BCUT2D eigenvalue weighted by Crippen LogP contribution is -2.17. The van der Waals surface area contributed by atoms with Crippen LogP contribution in [0.4, 0.5) is 11.4 Å². The van der Waals surface area contributed by atoms with E-state index in [1.54, 1.807) is 0 Å². The minimum absolute atomic E-state index is 0.0356. The third kappa shape index (κ3) is 4.50. The molecule has 1 aromatic carbocycles. The summed E-state index contributed by atoms with van der Waals surface area (Å²) >= 11 is 6.65. The molecule has 2 aromatic rings. The van der Waals surface area contributed by atoms with Crippen molar-refractivity contribution in [2.75, 3.05) is 11.1 Å². The number of carbonyl (C=O) groups is 1. The molecule has 1 heterocycles. The van der Waals surface area contributed by atoms with E-state index in [2.05, 4.69) is 20.5 Å². The van der Waals surface area contributed by atoms with E-state index in [-0.39, 0.29) is 33.0 Å². The van der Waals surface area contributed by atoms with Crippen LogP contribution >= 0.6 is 23.4 Å². The molecular formula is C12H10ClN5O4S. The predicted molar refractivity (Wildman–Crippen MR) is 84.8 cm³/mol. The second kappa shape index (κ2) is 7.20. The molecule has 0 aliphatic rings. The van der Waals surface area contributed by atoms with Crippen LogP contribution in [0.25, 0.3) is 0 Å². The van der Waals surface area contributed by atoms with Gasteiger partial charge in [0, 0.05) is 11.1 Å². The van der Waals surface area contributed by atoms with Gasteiger partial charge in [-0.3, -0.25) is 24.7 Å². The van der Waals surface area contributed by atoms with Crippen LogP contribution in [-0.2, 0) is 4.79 Å². The number of rotatable bonds is 5. The molecule has 23 heavy (non-hydrogen) atoms. The number of halogens is 1. The first-order valence-corrected chi connectivity index (χ1v) is 7.53. The number of nitro groups is 1. The summed E-state index contributed by atoms with van der Waals surface area (Å²) in [4.78, 5) is 36.0. The van der Waals surface area contributed by atoms with Gasteiger partial charge < -0.3 is 5.32 Å².